The second kappa shape index (κ2) is 7.76. The van der Waals surface area contributed by atoms with E-state index in [-0.39, 0.29) is 12.2 Å². The lowest BCUT2D eigenvalue weighted by molar-refractivity contribution is 0.252. The SMILES string of the molecule is Cc1cccc(OCc2nnc(SCc3nc4sc(C)c(C)c4c(=O)[nH]3)o2)c1. The Labute approximate surface area is 169 Å². The second-order valence-corrected chi connectivity index (χ2v) is 8.46. The Hall–Kier alpha value is -2.65. The molecule has 0 atom stereocenters. The number of thiophene rings is 1. The maximum atomic E-state index is 12.3. The summed E-state index contributed by atoms with van der Waals surface area (Å²) in [5, 5.41) is 9.09. The first-order valence-electron chi connectivity index (χ1n) is 8.63. The van der Waals surface area contributed by atoms with Crippen molar-refractivity contribution in [3.63, 3.8) is 0 Å². The number of thioether (sulfide) groups is 1. The van der Waals surface area contributed by atoms with E-state index >= 15 is 0 Å². The van der Waals surface area contributed by atoms with Gasteiger partial charge in [0, 0.05) is 4.88 Å². The van der Waals surface area contributed by atoms with Gasteiger partial charge < -0.3 is 14.1 Å². The molecule has 0 spiro atoms. The first-order valence-corrected chi connectivity index (χ1v) is 10.4. The van der Waals surface area contributed by atoms with Crippen LogP contribution in [-0.4, -0.2) is 20.2 Å². The molecule has 0 unspecified atom stereocenters. The molecule has 144 valence electrons. The molecule has 7 nitrogen and oxygen atoms in total. The van der Waals surface area contributed by atoms with Gasteiger partial charge in [-0.25, -0.2) is 4.98 Å². The fraction of sp³-hybridized carbons (Fsp3) is 0.263. The Bertz CT molecular complexity index is 1200. The fourth-order valence-corrected chi connectivity index (χ4v) is 4.40. The number of aromatic nitrogens is 4. The summed E-state index contributed by atoms with van der Waals surface area (Å²) in [7, 11) is 0. The van der Waals surface area contributed by atoms with E-state index in [2.05, 4.69) is 20.2 Å². The Kier molecular flexibility index (Phi) is 5.19. The first-order chi connectivity index (χ1) is 13.5. The van der Waals surface area contributed by atoms with Crippen molar-refractivity contribution in [3.05, 3.63) is 62.3 Å². The summed E-state index contributed by atoms with van der Waals surface area (Å²) >= 11 is 2.85. The lowest BCUT2D eigenvalue weighted by atomic mass is 10.2. The third-order valence-corrected chi connectivity index (χ3v) is 6.15. The van der Waals surface area contributed by atoms with Gasteiger partial charge in [-0.2, -0.15) is 0 Å². The summed E-state index contributed by atoms with van der Waals surface area (Å²) in [5.74, 6) is 2.16. The summed E-state index contributed by atoms with van der Waals surface area (Å²) < 4.78 is 11.3. The van der Waals surface area contributed by atoms with Crippen LogP contribution < -0.4 is 10.3 Å². The topological polar surface area (TPSA) is 93.9 Å². The third-order valence-electron chi connectivity index (χ3n) is 4.22. The number of fused-ring (bicyclic) bond motifs is 1. The smallest absolute Gasteiger partial charge is 0.277 e. The summed E-state index contributed by atoms with van der Waals surface area (Å²) in [6.07, 6.45) is 0. The maximum Gasteiger partial charge on any atom is 0.277 e. The Morgan fingerprint density at radius 3 is 2.93 bits per heavy atom. The molecule has 0 aliphatic rings. The standard InChI is InChI=1S/C19H18N4O3S2/c1-10-5-4-6-13(7-10)25-8-15-22-23-19(26-15)27-9-14-20-17(24)16-11(2)12(3)28-18(16)21-14/h4-7H,8-9H2,1-3H3,(H,20,21,24). The molecule has 0 amide bonds. The predicted octanol–water partition coefficient (Wildman–Crippen LogP) is 4.16. The van der Waals surface area contributed by atoms with Crippen LogP contribution in [0.2, 0.25) is 0 Å². The molecule has 0 saturated heterocycles. The van der Waals surface area contributed by atoms with Gasteiger partial charge in [0.25, 0.3) is 16.7 Å². The number of aryl methyl sites for hydroxylation is 3. The molecule has 0 fully saturated rings. The van der Waals surface area contributed by atoms with Crippen molar-refractivity contribution in [2.75, 3.05) is 0 Å². The molecule has 1 N–H and O–H groups in total. The minimum Gasteiger partial charge on any atom is -0.484 e. The molecule has 3 aromatic heterocycles. The Morgan fingerprint density at radius 1 is 1.25 bits per heavy atom. The highest BCUT2D eigenvalue weighted by Crippen LogP contribution is 2.27. The van der Waals surface area contributed by atoms with Crippen LogP contribution in [0, 0.1) is 20.8 Å². The van der Waals surface area contributed by atoms with Gasteiger partial charge in [0.05, 0.1) is 11.1 Å². The van der Waals surface area contributed by atoms with E-state index in [1.54, 1.807) is 0 Å². The lowest BCUT2D eigenvalue weighted by Crippen LogP contribution is -2.10. The number of ether oxygens (including phenoxy) is 1. The van der Waals surface area contributed by atoms with E-state index in [0.717, 1.165) is 26.6 Å². The van der Waals surface area contributed by atoms with Crippen molar-refractivity contribution in [3.8, 4) is 5.75 Å². The molecule has 3 heterocycles. The molecule has 0 saturated carbocycles. The first kappa shape index (κ1) is 18.7. The molecule has 0 radical (unpaired) electrons. The minimum atomic E-state index is -0.111. The summed E-state index contributed by atoms with van der Waals surface area (Å²) in [6, 6.07) is 7.76. The second-order valence-electron chi connectivity index (χ2n) is 6.33. The van der Waals surface area contributed by atoms with Gasteiger partial charge in [0.2, 0.25) is 0 Å². The van der Waals surface area contributed by atoms with E-state index in [0.29, 0.717) is 28.1 Å². The van der Waals surface area contributed by atoms with Gasteiger partial charge in [0.15, 0.2) is 6.61 Å². The molecule has 28 heavy (non-hydrogen) atoms. The highest BCUT2D eigenvalue weighted by molar-refractivity contribution is 7.98. The number of nitrogens with one attached hydrogen (secondary N) is 1. The number of aromatic amines is 1. The van der Waals surface area contributed by atoms with Gasteiger partial charge in [-0.1, -0.05) is 23.9 Å². The molecular weight excluding hydrogens is 396 g/mol. The lowest BCUT2D eigenvalue weighted by Gasteiger charge is -2.03. The number of nitrogens with zero attached hydrogens (tertiary/aromatic N) is 3. The molecule has 0 aliphatic carbocycles. The minimum absolute atomic E-state index is 0.111. The van der Waals surface area contributed by atoms with Crippen LogP contribution in [0.25, 0.3) is 10.2 Å². The molecule has 1 aromatic carbocycles. The van der Waals surface area contributed by atoms with Crippen LogP contribution >= 0.6 is 23.1 Å². The van der Waals surface area contributed by atoms with Gasteiger partial charge >= 0.3 is 0 Å². The van der Waals surface area contributed by atoms with Crippen molar-refractivity contribution in [1.29, 1.82) is 0 Å². The van der Waals surface area contributed by atoms with Gasteiger partial charge in [0.1, 0.15) is 16.4 Å². The fourth-order valence-electron chi connectivity index (χ4n) is 2.70. The quantitative estimate of drug-likeness (QED) is 0.473. The summed E-state index contributed by atoms with van der Waals surface area (Å²) in [6.45, 7) is 6.14. The largest absolute Gasteiger partial charge is 0.484 e. The van der Waals surface area contributed by atoms with E-state index < -0.39 is 0 Å². The molecule has 9 heteroatoms. The predicted molar refractivity (Wildman–Crippen MR) is 109 cm³/mol. The number of hydrogen-bond donors (Lipinski definition) is 1. The third kappa shape index (κ3) is 3.95. The molecular formula is C19H18N4O3S2. The summed E-state index contributed by atoms with van der Waals surface area (Å²) in [4.78, 5) is 21.6. The van der Waals surface area contributed by atoms with Crippen molar-refractivity contribution in [1.82, 2.24) is 20.2 Å². The zero-order valence-electron chi connectivity index (χ0n) is 15.6. The van der Waals surface area contributed by atoms with Crippen LogP contribution in [0.15, 0.2) is 38.7 Å². The van der Waals surface area contributed by atoms with Crippen LogP contribution in [0.4, 0.5) is 0 Å². The number of hydrogen-bond acceptors (Lipinski definition) is 8. The molecule has 4 aromatic rings. The Morgan fingerprint density at radius 2 is 2.11 bits per heavy atom. The van der Waals surface area contributed by atoms with Crippen molar-refractivity contribution in [2.24, 2.45) is 0 Å². The van der Waals surface area contributed by atoms with E-state index in [4.69, 9.17) is 9.15 Å². The zero-order valence-corrected chi connectivity index (χ0v) is 17.2. The van der Waals surface area contributed by atoms with Crippen LogP contribution in [0.3, 0.4) is 0 Å². The van der Waals surface area contributed by atoms with Crippen LogP contribution in [-0.2, 0) is 12.4 Å². The zero-order chi connectivity index (χ0) is 19.7. The van der Waals surface area contributed by atoms with Crippen molar-refractivity contribution >= 4 is 33.3 Å². The van der Waals surface area contributed by atoms with Gasteiger partial charge in [-0.3, -0.25) is 4.79 Å². The Balaban J connectivity index is 1.40. The van der Waals surface area contributed by atoms with E-state index in [1.165, 1.54) is 23.1 Å². The van der Waals surface area contributed by atoms with Crippen LogP contribution in [0.1, 0.15) is 27.7 Å². The van der Waals surface area contributed by atoms with Gasteiger partial charge in [-0.05, 0) is 44.0 Å². The molecule has 4 rings (SSSR count). The maximum absolute atomic E-state index is 12.3. The molecule has 0 bridgehead atoms. The van der Waals surface area contributed by atoms with E-state index in [9.17, 15) is 4.79 Å². The number of rotatable bonds is 6. The van der Waals surface area contributed by atoms with Crippen molar-refractivity contribution in [2.45, 2.75) is 38.4 Å². The van der Waals surface area contributed by atoms with E-state index in [1.807, 2.05) is 45.0 Å². The summed E-state index contributed by atoms with van der Waals surface area (Å²) in [5.41, 5.74) is 2.00. The average Bonchev–Trinajstić information content (AvgIpc) is 3.23. The number of benzene rings is 1. The van der Waals surface area contributed by atoms with Gasteiger partial charge in [-0.15, -0.1) is 21.5 Å². The normalized spacial score (nSPS) is 11.2. The monoisotopic (exact) mass is 414 g/mol. The number of H-pyrrole nitrogens is 1. The average molecular weight is 415 g/mol. The highest BCUT2D eigenvalue weighted by Gasteiger charge is 2.13. The van der Waals surface area contributed by atoms with Crippen LogP contribution in [0.5, 0.6) is 5.75 Å². The highest BCUT2D eigenvalue weighted by atomic mass is 32.2. The van der Waals surface area contributed by atoms with Crippen molar-refractivity contribution < 1.29 is 9.15 Å². The molecule has 0 aliphatic heterocycles.